The largest absolute Gasteiger partial charge is 0.496 e. The Kier molecular flexibility index (Phi) is 6.88. The first-order chi connectivity index (χ1) is 11.6. The molecule has 0 aliphatic carbocycles. The molecule has 0 aliphatic heterocycles. The number of para-hydroxylation sites is 1. The quantitative estimate of drug-likeness (QED) is 0.570. The fourth-order valence-corrected chi connectivity index (χ4v) is 2.97. The number of ether oxygens (including phenoxy) is 1. The lowest BCUT2D eigenvalue weighted by Crippen LogP contribution is -2.10. The summed E-state index contributed by atoms with van der Waals surface area (Å²) in [6, 6.07) is 14.7. The highest BCUT2D eigenvalue weighted by Crippen LogP contribution is 2.24. The summed E-state index contributed by atoms with van der Waals surface area (Å²) in [7, 11) is 1.56. The molecule has 0 spiro atoms. The Morgan fingerprint density at radius 1 is 1.08 bits per heavy atom. The lowest BCUT2D eigenvalue weighted by atomic mass is 10.1. The summed E-state index contributed by atoms with van der Waals surface area (Å²) in [4.78, 5) is 24.9. The second-order valence-corrected chi connectivity index (χ2v) is 6.28. The Hall–Kier alpha value is -2.27. The molecule has 5 heteroatoms. The average molecular weight is 343 g/mol. The molecule has 0 aromatic heterocycles. The van der Waals surface area contributed by atoms with E-state index in [0.29, 0.717) is 23.5 Å². The Morgan fingerprint density at radius 2 is 1.79 bits per heavy atom. The molecule has 2 aromatic rings. The summed E-state index contributed by atoms with van der Waals surface area (Å²) in [6.07, 6.45) is 1.34. The number of nitrogens with one attached hydrogen (secondary N) is 1. The van der Waals surface area contributed by atoms with Crippen LogP contribution in [0, 0.1) is 0 Å². The minimum absolute atomic E-state index is 0.0178. The molecule has 0 bridgehead atoms. The van der Waals surface area contributed by atoms with Crippen molar-refractivity contribution >= 4 is 29.1 Å². The number of carbonyl (C=O) groups excluding carboxylic acids is 2. The molecule has 2 aromatic carbocycles. The zero-order chi connectivity index (χ0) is 17.4. The number of benzene rings is 2. The van der Waals surface area contributed by atoms with Crippen LogP contribution >= 0.6 is 11.8 Å². The van der Waals surface area contributed by atoms with Crippen LogP contribution in [-0.4, -0.2) is 24.6 Å². The number of amides is 1. The first-order valence-corrected chi connectivity index (χ1v) is 8.81. The normalized spacial score (nSPS) is 10.2. The summed E-state index contributed by atoms with van der Waals surface area (Å²) in [6.45, 7) is 1.97. The fourth-order valence-electron chi connectivity index (χ4n) is 2.19. The Bertz CT molecular complexity index is 698. The summed E-state index contributed by atoms with van der Waals surface area (Å²) in [5.41, 5.74) is 1.37. The lowest BCUT2D eigenvalue weighted by Gasteiger charge is -2.08. The Morgan fingerprint density at radius 3 is 2.46 bits per heavy atom. The minimum Gasteiger partial charge on any atom is -0.496 e. The SMILES string of the molecule is CCCC(=O)Nc1ccc(SCC(=O)c2ccccc2OC)cc1. The maximum atomic E-state index is 12.3. The molecule has 1 amide bonds. The first-order valence-electron chi connectivity index (χ1n) is 7.83. The van der Waals surface area contributed by atoms with E-state index in [4.69, 9.17) is 4.74 Å². The van der Waals surface area contributed by atoms with Crippen LogP contribution < -0.4 is 10.1 Å². The predicted molar refractivity (Wildman–Crippen MR) is 98.0 cm³/mol. The molecular weight excluding hydrogens is 322 g/mol. The molecule has 4 nitrogen and oxygen atoms in total. The molecule has 0 aliphatic rings. The number of hydrogen-bond acceptors (Lipinski definition) is 4. The van der Waals surface area contributed by atoms with Gasteiger partial charge in [-0.05, 0) is 42.8 Å². The van der Waals surface area contributed by atoms with Crippen LogP contribution in [0.4, 0.5) is 5.69 Å². The summed E-state index contributed by atoms with van der Waals surface area (Å²) in [5.74, 6) is 0.973. The summed E-state index contributed by atoms with van der Waals surface area (Å²) >= 11 is 1.46. The third-order valence-corrected chi connectivity index (χ3v) is 4.40. The van der Waals surface area contributed by atoms with Gasteiger partial charge in [-0.3, -0.25) is 9.59 Å². The number of methoxy groups -OCH3 is 1. The van der Waals surface area contributed by atoms with Gasteiger partial charge in [0.2, 0.25) is 5.91 Å². The topological polar surface area (TPSA) is 55.4 Å². The monoisotopic (exact) mass is 343 g/mol. The molecule has 0 radical (unpaired) electrons. The van der Waals surface area contributed by atoms with E-state index in [1.165, 1.54) is 11.8 Å². The smallest absolute Gasteiger partial charge is 0.224 e. The molecule has 126 valence electrons. The zero-order valence-electron chi connectivity index (χ0n) is 13.9. The van der Waals surface area contributed by atoms with Crippen molar-refractivity contribution < 1.29 is 14.3 Å². The third-order valence-electron chi connectivity index (χ3n) is 3.39. The number of Topliss-reactive ketones (excluding diaryl/α,β-unsaturated/α-hetero) is 1. The van der Waals surface area contributed by atoms with Gasteiger partial charge < -0.3 is 10.1 Å². The van der Waals surface area contributed by atoms with E-state index in [-0.39, 0.29) is 11.7 Å². The van der Waals surface area contributed by atoms with Crippen molar-refractivity contribution in [3.63, 3.8) is 0 Å². The van der Waals surface area contributed by atoms with Crippen molar-refractivity contribution in [2.75, 3.05) is 18.2 Å². The van der Waals surface area contributed by atoms with E-state index < -0.39 is 0 Å². The average Bonchev–Trinajstić information content (AvgIpc) is 2.61. The molecular formula is C19H21NO3S. The lowest BCUT2D eigenvalue weighted by molar-refractivity contribution is -0.116. The highest BCUT2D eigenvalue weighted by Gasteiger charge is 2.11. The number of carbonyl (C=O) groups is 2. The maximum Gasteiger partial charge on any atom is 0.224 e. The molecule has 24 heavy (non-hydrogen) atoms. The van der Waals surface area contributed by atoms with Gasteiger partial charge in [0, 0.05) is 17.0 Å². The van der Waals surface area contributed by atoms with Gasteiger partial charge in [-0.2, -0.15) is 0 Å². The third kappa shape index (κ3) is 5.13. The van der Waals surface area contributed by atoms with Gasteiger partial charge in [-0.1, -0.05) is 19.1 Å². The Balaban J connectivity index is 1.92. The predicted octanol–water partition coefficient (Wildman–Crippen LogP) is 4.41. The van der Waals surface area contributed by atoms with Crippen LogP contribution in [-0.2, 0) is 4.79 Å². The number of ketones is 1. The van der Waals surface area contributed by atoms with Crippen LogP contribution in [0.3, 0.4) is 0 Å². The molecule has 0 atom stereocenters. The van der Waals surface area contributed by atoms with Crippen LogP contribution in [0.25, 0.3) is 0 Å². The van der Waals surface area contributed by atoms with E-state index in [2.05, 4.69) is 5.32 Å². The van der Waals surface area contributed by atoms with Crippen LogP contribution in [0.2, 0.25) is 0 Å². The molecule has 1 N–H and O–H groups in total. The van der Waals surface area contributed by atoms with E-state index in [1.807, 2.05) is 43.3 Å². The molecule has 0 heterocycles. The molecule has 0 saturated carbocycles. The fraction of sp³-hybridized carbons (Fsp3) is 0.263. The van der Waals surface area contributed by atoms with Crippen molar-refractivity contribution in [1.29, 1.82) is 0 Å². The van der Waals surface area contributed by atoms with Crippen molar-refractivity contribution in [2.24, 2.45) is 0 Å². The van der Waals surface area contributed by atoms with E-state index >= 15 is 0 Å². The Labute approximate surface area is 146 Å². The minimum atomic E-state index is 0.0178. The van der Waals surface area contributed by atoms with Gasteiger partial charge in [0.25, 0.3) is 0 Å². The van der Waals surface area contributed by atoms with E-state index in [9.17, 15) is 9.59 Å². The van der Waals surface area contributed by atoms with Crippen molar-refractivity contribution in [3.8, 4) is 5.75 Å². The number of thioether (sulfide) groups is 1. The maximum absolute atomic E-state index is 12.3. The van der Waals surface area contributed by atoms with Crippen molar-refractivity contribution in [3.05, 3.63) is 54.1 Å². The summed E-state index contributed by atoms with van der Waals surface area (Å²) in [5, 5.41) is 2.84. The van der Waals surface area contributed by atoms with Gasteiger partial charge in [-0.25, -0.2) is 0 Å². The highest BCUT2D eigenvalue weighted by atomic mass is 32.2. The first kappa shape index (κ1) is 18.1. The zero-order valence-corrected chi connectivity index (χ0v) is 14.7. The second-order valence-electron chi connectivity index (χ2n) is 5.23. The van der Waals surface area contributed by atoms with Crippen molar-refractivity contribution in [2.45, 2.75) is 24.7 Å². The van der Waals surface area contributed by atoms with Gasteiger partial charge in [0.05, 0.1) is 18.4 Å². The van der Waals surface area contributed by atoms with Crippen molar-refractivity contribution in [1.82, 2.24) is 0 Å². The van der Waals surface area contributed by atoms with Gasteiger partial charge >= 0.3 is 0 Å². The van der Waals surface area contributed by atoms with E-state index in [0.717, 1.165) is 17.0 Å². The molecule has 0 fully saturated rings. The van der Waals surface area contributed by atoms with Gasteiger partial charge in [0.15, 0.2) is 5.78 Å². The number of hydrogen-bond donors (Lipinski definition) is 1. The highest BCUT2D eigenvalue weighted by molar-refractivity contribution is 8.00. The van der Waals surface area contributed by atoms with Crippen LogP contribution in [0.1, 0.15) is 30.1 Å². The second kappa shape index (κ2) is 9.13. The van der Waals surface area contributed by atoms with E-state index in [1.54, 1.807) is 19.2 Å². The molecule has 2 rings (SSSR count). The standard InChI is InChI=1S/C19H21NO3S/c1-3-6-19(22)20-14-9-11-15(12-10-14)24-13-17(21)16-7-4-5-8-18(16)23-2/h4-5,7-12H,3,6,13H2,1-2H3,(H,20,22). The van der Waals surface area contributed by atoms with Gasteiger partial charge in [-0.15, -0.1) is 11.8 Å². The molecule has 0 saturated heterocycles. The number of rotatable bonds is 8. The summed E-state index contributed by atoms with van der Waals surface area (Å²) < 4.78 is 5.22. The van der Waals surface area contributed by atoms with Crippen LogP contribution in [0.5, 0.6) is 5.75 Å². The molecule has 0 unspecified atom stereocenters. The van der Waals surface area contributed by atoms with Gasteiger partial charge in [0.1, 0.15) is 5.75 Å². The van der Waals surface area contributed by atoms with Crippen LogP contribution in [0.15, 0.2) is 53.4 Å². The number of anilines is 1.